The van der Waals surface area contributed by atoms with E-state index in [9.17, 15) is 13.2 Å². The van der Waals surface area contributed by atoms with Crippen LogP contribution < -0.4 is 14.4 Å². The number of ether oxygens (including phenoxy) is 1. The smallest absolute Gasteiger partial charge is 0.264 e. The van der Waals surface area contributed by atoms with Crippen molar-refractivity contribution in [1.82, 2.24) is 5.32 Å². The van der Waals surface area contributed by atoms with E-state index >= 15 is 0 Å². The van der Waals surface area contributed by atoms with Crippen LogP contribution in [0.2, 0.25) is 0 Å². The van der Waals surface area contributed by atoms with Gasteiger partial charge in [-0.25, -0.2) is 8.42 Å². The van der Waals surface area contributed by atoms with Gasteiger partial charge in [0.15, 0.2) is 0 Å². The Bertz CT molecular complexity index is 1570. The van der Waals surface area contributed by atoms with Crippen molar-refractivity contribution in [1.29, 1.82) is 0 Å². The molecule has 1 N–H and O–H groups in total. The molecule has 0 radical (unpaired) electrons. The van der Waals surface area contributed by atoms with Crippen LogP contribution in [-0.2, 0) is 29.4 Å². The van der Waals surface area contributed by atoms with Crippen molar-refractivity contribution in [2.24, 2.45) is 0 Å². The number of anilines is 1. The molecular weight excluding hydrogens is 508 g/mol. The summed E-state index contributed by atoms with van der Waals surface area (Å²) in [7, 11) is -2.49. The Morgan fingerprint density at radius 3 is 2.33 bits per heavy atom. The molecule has 1 aliphatic carbocycles. The van der Waals surface area contributed by atoms with E-state index in [4.69, 9.17) is 4.74 Å². The number of hydrogen-bond donors (Lipinski definition) is 1. The lowest BCUT2D eigenvalue weighted by Gasteiger charge is -2.27. The third-order valence-electron chi connectivity index (χ3n) is 7.20. The van der Waals surface area contributed by atoms with Crippen LogP contribution in [0.5, 0.6) is 5.75 Å². The van der Waals surface area contributed by atoms with E-state index in [1.54, 1.807) is 36.4 Å². The summed E-state index contributed by atoms with van der Waals surface area (Å²) >= 11 is 0. The van der Waals surface area contributed by atoms with Crippen LogP contribution in [0.1, 0.15) is 52.0 Å². The molecule has 1 amide bonds. The molecule has 0 aliphatic heterocycles. The number of nitrogens with zero attached hydrogens (tertiary/aromatic N) is 1. The Hall–Kier alpha value is -4.10. The molecule has 39 heavy (non-hydrogen) atoms. The quantitative estimate of drug-likeness (QED) is 0.280. The fourth-order valence-corrected chi connectivity index (χ4v) is 6.50. The van der Waals surface area contributed by atoms with Gasteiger partial charge in [-0.05, 0) is 84.8 Å². The van der Waals surface area contributed by atoms with Crippen LogP contribution in [0.25, 0.3) is 0 Å². The molecule has 1 aliphatic rings. The maximum atomic E-state index is 14.0. The number of methoxy groups -OCH3 is 1. The van der Waals surface area contributed by atoms with Crippen molar-refractivity contribution < 1.29 is 17.9 Å². The van der Waals surface area contributed by atoms with Crippen molar-refractivity contribution in [3.8, 4) is 5.75 Å². The van der Waals surface area contributed by atoms with Crippen LogP contribution in [-0.4, -0.2) is 21.4 Å². The normalized spacial score (nSPS) is 13.4. The summed E-state index contributed by atoms with van der Waals surface area (Å²) in [5.41, 5.74) is 5.16. The number of amides is 1. The summed E-state index contributed by atoms with van der Waals surface area (Å²) in [6.07, 6.45) is 3.32. The number of benzene rings is 4. The van der Waals surface area contributed by atoms with E-state index in [2.05, 4.69) is 23.5 Å². The molecule has 0 fully saturated rings. The van der Waals surface area contributed by atoms with Gasteiger partial charge in [0.1, 0.15) is 5.75 Å². The van der Waals surface area contributed by atoms with Gasteiger partial charge in [0.05, 0.1) is 35.8 Å². The molecule has 200 valence electrons. The minimum atomic E-state index is -4.02. The summed E-state index contributed by atoms with van der Waals surface area (Å²) in [6, 6.07) is 28.6. The molecule has 6 nitrogen and oxygen atoms in total. The van der Waals surface area contributed by atoms with Crippen molar-refractivity contribution in [3.63, 3.8) is 0 Å². The molecule has 1 atom stereocenters. The number of carbonyl (C=O) groups is 1. The van der Waals surface area contributed by atoms with Crippen LogP contribution >= 0.6 is 0 Å². The van der Waals surface area contributed by atoms with E-state index in [0.29, 0.717) is 17.0 Å². The molecule has 0 heterocycles. The highest BCUT2D eigenvalue weighted by molar-refractivity contribution is 7.92. The SMILES string of the molecule is COc1ccc(S(=O)(=O)N(Cc2ccccc2)c2ccccc2C(=O)NC(C)c2ccc3c(c2)CCC3)cc1. The van der Waals surface area contributed by atoms with Gasteiger partial charge >= 0.3 is 0 Å². The molecule has 5 rings (SSSR count). The second kappa shape index (κ2) is 11.3. The van der Waals surface area contributed by atoms with Crippen LogP contribution in [0, 0.1) is 0 Å². The highest BCUT2D eigenvalue weighted by atomic mass is 32.2. The molecule has 7 heteroatoms. The van der Waals surface area contributed by atoms with Crippen molar-refractivity contribution in [2.45, 2.75) is 43.7 Å². The summed E-state index contributed by atoms with van der Waals surface area (Å²) < 4.78 is 34.5. The molecular formula is C32H32N2O4S. The largest absolute Gasteiger partial charge is 0.497 e. The predicted molar refractivity (Wildman–Crippen MR) is 154 cm³/mol. The van der Waals surface area contributed by atoms with Gasteiger partial charge in [-0.2, -0.15) is 0 Å². The first-order valence-electron chi connectivity index (χ1n) is 13.1. The third-order valence-corrected chi connectivity index (χ3v) is 8.98. The topological polar surface area (TPSA) is 75.7 Å². The number of sulfonamides is 1. The predicted octanol–water partition coefficient (Wildman–Crippen LogP) is 6.07. The number of aryl methyl sites for hydroxylation is 2. The molecule has 4 aromatic rings. The Labute approximate surface area is 230 Å². The van der Waals surface area contributed by atoms with Crippen LogP contribution in [0.15, 0.2) is 102 Å². The maximum Gasteiger partial charge on any atom is 0.264 e. The van der Waals surface area contributed by atoms with E-state index in [0.717, 1.165) is 30.4 Å². The van der Waals surface area contributed by atoms with Crippen LogP contribution in [0.3, 0.4) is 0 Å². The van der Waals surface area contributed by atoms with Gasteiger partial charge in [0.25, 0.3) is 15.9 Å². The molecule has 0 spiro atoms. The fraction of sp³-hybridized carbons (Fsp3) is 0.219. The Morgan fingerprint density at radius 1 is 0.897 bits per heavy atom. The van der Waals surface area contributed by atoms with Gasteiger partial charge in [-0.3, -0.25) is 9.10 Å². The molecule has 0 aromatic heterocycles. The lowest BCUT2D eigenvalue weighted by Crippen LogP contribution is -2.34. The molecule has 1 unspecified atom stereocenters. The van der Waals surface area contributed by atoms with Gasteiger partial charge < -0.3 is 10.1 Å². The van der Waals surface area contributed by atoms with E-state index in [1.165, 1.54) is 34.7 Å². The first kappa shape index (κ1) is 26.5. The Morgan fingerprint density at radius 2 is 1.59 bits per heavy atom. The lowest BCUT2D eigenvalue weighted by atomic mass is 10.0. The average molecular weight is 541 g/mol. The molecule has 4 aromatic carbocycles. The number of rotatable bonds is 9. The van der Waals surface area contributed by atoms with Crippen molar-refractivity contribution in [2.75, 3.05) is 11.4 Å². The first-order valence-corrected chi connectivity index (χ1v) is 14.5. The van der Waals surface area contributed by atoms with Gasteiger partial charge in [-0.15, -0.1) is 0 Å². The van der Waals surface area contributed by atoms with Gasteiger partial charge in [0, 0.05) is 0 Å². The van der Waals surface area contributed by atoms with Crippen molar-refractivity contribution in [3.05, 3.63) is 125 Å². The molecule has 0 saturated carbocycles. The lowest BCUT2D eigenvalue weighted by molar-refractivity contribution is 0.0940. The molecule has 0 bridgehead atoms. The summed E-state index contributed by atoms with van der Waals surface area (Å²) in [4.78, 5) is 13.7. The average Bonchev–Trinajstić information content (AvgIpc) is 3.44. The Kier molecular flexibility index (Phi) is 7.70. The Balaban J connectivity index is 1.50. The minimum absolute atomic E-state index is 0.0693. The van der Waals surface area contributed by atoms with E-state index in [1.807, 2.05) is 37.3 Å². The van der Waals surface area contributed by atoms with E-state index < -0.39 is 10.0 Å². The van der Waals surface area contributed by atoms with Gasteiger partial charge in [0.2, 0.25) is 0 Å². The second-order valence-electron chi connectivity index (χ2n) is 9.77. The highest BCUT2D eigenvalue weighted by Crippen LogP contribution is 2.31. The summed E-state index contributed by atoms with van der Waals surface area (Å²) in [5, 5.41) is 3.09. The zero-order chi connectivity index (χ0) is 27.4. The maximum absolute atomic E-state index is 14.0. The van der Waals surface area contributed by atoms with Gasteiger partial charge in [-0.1, -0.05) is 60.7 Å². The molecule has 0 saturated heterocycles. The number of fused-ring (bicyclic) bond motifs is 1. The number of hydrogen-bond acceptors (Lipinski definition) is 4. The number of nitrogens with one attached hydrogen (secondary N) is 1. The fourth-order valence-electron chi connectivity index (χ4n) is 5.03. The minimum Gasteiger partial charge on any atom is -0.497 e. The number of para-hydroxylation sites is 1. The first-order chi connectivity index (χ1) is 18.9. The second-order valence-corrected chi connectivity index (χ2v) is 11.6. The monoisotopic (exact) mass is 540 g/mol. The van der Waals surface area contributed by atoms with E-state index in [-0.39, 0.29) is 23.4 Å². The highest BCUT2D eigenvalue weighted by Gasteiger charge is 2.29. The number of carbonyl (C=O) groups excluding carboxylic acids is 1. The zero-order valence-corrected chi connectivity index (χ0v) is 22.9. The van der Waals surface area contributed by atoms with Crippen molar-refractivity contribution >= 4 is 21.6 Å². The summed E-state index contributed by atoms with van der Waals surface area (Å²) in [6.45, 7) is 2.02. The standard InChI is InChI=1S/C32H32N2O4S/c1-23(26-16-15-25-11-8-12-27(25)21-26)33-32(35)30-13-6-7-14-31(30)34(22-24-9-4-3-5-10-24)39(36,37)29-19-17-28(38-2)18-20-29/h3-7,9-10,13-21,23H,8,11-12,22H2,1-2H3,(H,33,35). The third kappa shape index (κ3) is 5.68. The summed E-state index contributed by atoms with van der Waals surface area (Å²) in [5.74, 6) is 0.227. The van der Waals surface area contributed by atoms with Crippen LogP contribution in [0.4, 0.5) is 5.69 Å². The zero-order valence-electron chi connectivity index (χ0n) is 22.1.